The monoisotopic (exact) mass is 184 g/mol. The third-order valence-corrected chi connectivity index (χ3v) is 2.70. The molecule has 0 spiro atoms. The summed E-state index contributed by atoms with van der Waals surface area (Å²) in [6, 6.07) is 0.558. The molecule has 1 fully saturated rings. The second-order valence-corrected chi connectivity index (χ2v) is 4.35. The predicted octanol–water partition coefficient (Wildman–Crippen LogP) is 0.805. The fourth-order valence-electron chi connectivity index (χ4n) is 1.73. The van der Waals surface area contributed by atoms with Crippen LogP contribution in [0.3, 0.4) is 0 Å². The van der Waals surface area contributed by atoms with Crippen molar-refractivity contribution in [1.29, 1.82) is 0 Å². The Kier molecular flexibility index (Phi) is 3.31. The van der Waals surface area contributed by atoms with Crippen LogP contribution in [-0.2, 0) is 4.79 Å². The van der Waals surface area contributed by atoms with Crippen molar-refractivity contribution in [3.8, 4) is 0 Å². The van der Waals surface area contributed by atoms with Gasteiger partial charge in [-0.05, 0) is 20.5 Å². The van der Waals surface area contributed by atoms with Gasteiger partial charge in [0, 0.05) is 25.0 Å². The molecule has 0 unspecified atom stereocenters. The molecule has 0 aliphatic carbocycles. The first kappa shape index (κ1) is 10.5. The Labute approximate surface area is 80.7 Å². The van der Waals surface area contributed by atoms with Crippen LogP contribution in [0.25, 0.3) is 0 Å². The molecule has 1 atom stereocenters. The van der Waals surface area contributed by atoms with Crippen molar-refractivity contribution >= 4 is 5.91 Å². The zero-order valence-electron chi connectivity index (χ0n) is 9.08. The smallest absolute Gasteiger partial charge is 0.225 e. The van der Waals surface area contributed by atoms with E-state index in [1.54, 1.807) is 0 Å². The quantitative estimate of drug-likeness (QED) is 0.634. The normalized spacial score (nSPS) is 23.2. The molecule has 0 aromatic carbocycles. The van der Waals surface area contributed by atoms with Gasteiger partial charge in [0.25, 0.3) is 0 Å². The Morgan fingerprint density at radius 3 is 2.46 bits per heavy atom. The molecular weight excluding hydrogens is 164 g/mol. The average Bonchev–Trinajstić information content (AvgIpc) is 2.50. The van der Waals surface area contributed by atoms with Crippen molar-refractivity contribution in [3.05, 3.63) is 0 Å². The van der Waals surface area contributed by atoms with E-state index in [1.807, 2.05) is 18.7 Å². The van der Waals surface area contributed by atoms with Gasteiger partial charge in [-0.25, -0.2) is 0 Å². The number of hydrogen-bond acceptors (Lipinski definition) is 2. The summed E-state index contributed by atoms with van der Waals surface area (Å²) in [6.45, 7) is 5.76. The zero-order chi connectivity index (χ0) is 10.0. The van der Waals surface area contributed by atoms with Crippen LogP contribution in [0.15, 0.2) is 0 Å². The van der Waals surface area contributed by atoms with Crippen LogP contribution in [0.1, 0.15) is 20.3 Å². The maximum atomic E-state index is 11.6. The van der Waals surface area contributed by atoms with E-state index in [4.69, 9.17) is 0 Å². The average molecular weight is 184 g/mol. The van der Waals surface area contributed by atoms with Gasteiger partial charge in [-0.2, -0.15) is 0 Å². The van der Waals surface area contributed by atoms with Crippen molar-refractivity contribution in [2.24, 2.45) is 5.92 Å². The molecule has 13 heavy (non-hydrogen) atoms. The molecule has 0 saturated carbocycles. The number of amides is 1. The SMILES string of the molecule is CC(C)C(=O)N1CC[C@@H](N(C)C)C1. The molecule has 0 N–H and O–H groups in total. The van der Waals surface area contributed by atoms with Crippen molar-refractivity contribution in [3.63, 3.8) is 0 Å². The van der Waals surface area contributed by atoms with Crippen molar-refractivity contribution in [2.45, 2.75) is 26.3 Å². The summed E-state index contributed by atoms with van der Waals surface area (Å²) in [5.41, 5.74) is 0. The summed E-state index contributed by atoms with van der Waals surface area (Å²) >= 11 is 0. The number of likely N-dealkylation sites (tertiary alicyclic amines) is 1. The number of hydrogen-bond donors (Lipinski definition) is 0. The second kappa shape index (κ2) is 4.09. The maximum absolute atomic E-state index is 11.6. The van der Waals surface area contributed by atoms with Crippen LogP contribution in [0, 0.1) is 5.92 Å². The highest BCUT2D eigenvalue weighted by molar-refractivity contribution is 5.78. The summed E-state index contributed by atoms with van der Waals surface area (Å²) in [4.78, 5) is 15.8. The molecule has 1 aliphatic rings. The predicted molar refractivity (Wildman–Crippen MR) is 53.5 cm³/mol. The lowest BCUT2D eigenvalue weighted by atomic mass is 10.2. The largest absolute Gasteiger partial charge is 0.341 e. The number of carbonyl (C=O) groups excluding carboxylic acids is 1. The minimum Gasteiger partial charge on any atom is -0.341 e. The van der Waals surface area contributed by atoms with Gasteiger partial charge in [-0.15, -0.1) is 0 Å². The van der Waals surface area contributed by atoms with E-state index in [9.17, 15) is 4.79 Å². The van der Waals surface area contributed by atoms with Crippen molar-refractivity contribution in [1.82, 2.24) is 9.80 Å². The summed E-state index contributed by atoms with van der Waals surface area (Å²) in [6.07, 6.45) is 1.12. The third kappa shape index (κ3) is 2.44. The summed E-state index contributed by atoms with van der Waals surface area (Å²) < 4.78 is 0. The van der Waals surface area contributed by atoms with E-state index in [0.717, 1.165) is 19.5 Å². The van der Waals surface area contributed by atoms with Crippen LogP contribution in [0.2, 0.25) is 0 Å². The maximum Gasteiger partial charge on any atom is 0.225 e. The highest BCUT2D eigenvalue weighted by Gasteiger charge is 2.28. The fourth-order valence-corrected chi connectivity index (χ4v) is 1.73. The highest BCUT2D eigenvalue weighted by Crippen LogP contribution is 2.15. The Morgan fingerprint density at radius 1 is 1.46 bits per heavy atom. The molecule has 0 aromatic rings. The van der Waals surface area contributed by atoms with Gasteiger partial charge in [0.05, 0.1) is 0 Å². The number of rotatable bonds is 2. The summed E-state index contributed by atoms with van der Waals surface area (Å²) in [5.74, 6) is 0.435. The minimum absolute atomic E-state index is 0.140. The van der Waals surface area contributed by atoms with Crippen LogP contribution in [0.5, 0.6) is 0 Å². The summed E-state index contributed by atoms with van der Waals surface area (Å²) in [7, 11) is 4.15. The molecule has 0 bridgehead atoms. The number of nitrogens with zero attached hydrogens (tertiary/aromatic N) is 2. The lowest BCUT2D eigenvalue weighted by Gasteiger charge is -2.21. The van der Waals surface area contributed by atoms with E-state index in [1.165, 1.54) is 0 Å². The van der Waals surface area contributed by atoms with E-state index in [0.29, 0.717) is 11.9 Å². The Morgan fingerprint density at radius 2 is 2.08 bits per heavy atom. The van der Waals surface area contributed by atoms with E-state index in [-0.39, 0.29) is 5.92 Å². The van der Waals surface area contributed by atoms with Gasteiger partial charge in [-0.3, -0.25) is 4.79 Å². The molecule has 3 heteroatoms. The Hall–Kier alpha value is -0.570. The standard InChI is InChI=1S/C10H20N2O/c1-8(2)10(13)12-6-5-9(7-12)11(3)4/h8-9H,5-7H2,1-4H3/t9-/m1/s1. The van der Waals surface area contributed by atoms with Crippen molar-refractivity contribution < 1.29 is 4.79 Å². The molecule has 1 heterocycles. The molecule has 0 aromatic heterocycles. The van der Waals surface area contributed by atoms with Gasteiger partial charge in [-0.1, -0.05) is 13.8 Å². The second-order valence-electron chi connectivity index (χ2n) is 4.35. The van der Waals surface area contributed by atoms with Gasteiger partial charge < -0.3 is 9.80 Å². The Bertz CT molecular complexity index is 189. The van der Waals surface area contributed by atoms with Gasteiger partial charge in [0.15, 0.2) is 0 Å². The van der Waals surface area contributed by atoms with Gasteiger partial charge >= 0.3 is 0 Å². The molecule has 76 valence electrons. The van der Waals surface area contributed by atoms with E-state index in [2.05, 4.69) is 19.0 Å². The number of likely N-dealkylation sites (N-methyl/N-ethyl adjacent to an activating group) is 1. The third-order valence-electron chi connectivity index (χ3n) is 2.70. The van der Waals surface area contributed by atoms with Crippen LogP contribution >= 0.6 is 0 Å². The first-order valence-corrected chi connectivity index (χ1v) is 4.97. The first-order valence-electron chi connectivity index (χ1n) is 4.97. The minimum atomic E-state index is 0.140. The highest BCUT2D eigenvalue weighted by atomic mass is 16.2. The fraction of sp³-hybridized carbons (Fsp3) is 0.900. The molecule has 1 aliphatic heterocycles. The molecule has 3 nitrogen and oxygen atoms in total. The topological polar surface area (TPSA) is 23.6 Å². The first-order chi connectivity index (χ1) is 6.02. The zero-order valence-corrected chi connectivity index (χ0v) is 9.08. The molecule has 1 saturated heterocycles. The van der Waals surface area contributed by atoms with Crippen LogP contribution in [0.4, 0.5) is 0 Å². The van der Waals surface area contributed by atoms with Gasteiger partial charge in [0.1, 0.15) is 0 Å². The lowest BCUT2D eigenvalue weighted by molar-refractivity contribution is -0.133. The van der Waals surface area contributed by atoms with E-state index < -0.39 is 0 Å². The van der Waals surface area contributed by atoms with Gasteiger partial charge in [0.2, 0.25) is 5.91 Å². The Balaban J connectivity index is 2.45. The molecular formula is C10H20N2O. The van der Waals surface area contributed by atoms with Crippen LogP contribution < -0.4 is 0 Å². The van der Waals surface area contributed by atoms with Crippen LogP contribution in [-0.4, -0.2) is 48.9 Å². The van der Waals surface area contributed by atoms with E-state index >= 15 is 0 Å². The lowest BCUT2D eigenvalue weighted by Crippen LogP contribution is -2.36. The summed E-state index contributed by atoms with van der Waals surface area (Å²) in [5, 5.41) is 0. The molecule has 0 radical (unpaired) electrons. The van der Waals surface area contributed by atoms with Crippen molar-refractivity contribution in [2.75, 3.05) is 27.2 Å². The molecule has 1 amide bonds. The molecule has 1 rings (SSSR count). The number of carbonyl (C=O) groups is 1.